The highest BCUT2D eigenvalue weighted by Gasteiger charge is 2.27. The number of H-pyrrole nitrogens is 1. The van der Waals surface area contributed by atoms with Crippen molar-refractivity contribution in [1.29, 1.82) is 0 Å². The third-order valence-electron chi connectivity index (χ3n) is 3.86. The second-order valence-corrected chi connectivity index (χ2v) is 5.15. The van der Waals surface area contributed by atoms with Crippen molar-refractivity contribution in [2.24, 2.45) is 0 Å². The molecule has 1 aromatic rings. The summed E-state index contributed by atoms with van der Waals surface area (Å²) in [5.74, 6) is 0. The van der Waals surface area contributed by atoms with Crippen LogP contribution in [0.4, 0.5) is 0 Å². The molecule has 0 radical (unpaired) electrons. The number of aromatic amines is 1. The van der Waals surface area contributed by atoms with Crippen molar-refractivity contribution in [2.75, 3.05) is 0 Å². The molecule has 15 heavy (non-hydrogen) atoms. The van der Waals surface area contributed by atoms with E-state index in [4.69, 9.17) is 0 Å². The Morgan fingerprint density at radius 2 is 1.67 bits per heavy atom. The van der Waals surface area contributed by atoms with Gasteiger partial charge in [-0.1, -0.05) is 45.4 Å². The molecule has 1 saturated carbocycles. The van der Waals surface area contributed by atoms with Crippen molar-refractivity contribution in [3.05, 3.63) is 18.0 Å². The summed E-state index contributed by atoms with van der Waals surface area (Å²) in [5.41, 5.74) is 1.69. The van der Waals surface area contributed by atoms with Crippen LogP contribution in [-0.4, -0.2) is 10.2 Å². The number of aromatic nitrogens is 2. The topological polar surface area (TPSA) is 28.7 Å². The van der Waals surface area contributed by atoms with E-state index in [0.717, 1.165) is 0 Å². The van der Waals surface area contributed by atoms with E-state index >= 15 is 0 Å². The van der Waals surface area contributed by atoms with Gasteiger partial charge in [0.15, 0.2) is 0 Å². The first-order valence-electron chi connectivity index (χ1n) is 6.31. The summed E-state index contributed by atoms with van der Waals surface area (Å²) >= 11 is 0. The van der Waals surface area contributed by atoms with Crippen molar-refractivity contribution in [1.82, 2.24) is 10.2 Å². The SMILES string of the molecule is CC1(c2ccn[nH]2)CCCCCCCC1. The zero-order chi connectivity index (χ0) is 10.6. The molecular formula is C13H22N2. The first kappa shape index (κ1) is 10.7. The predicted octanol–water partition coefficient (Wildman–Crippen LogP) is 3.80. The van der Waals surface area contributed by atoms with E-state index in [1.165, 1.54) is 57.1 Å². The highest BCUT2D eigenvalue weighted by atomic mass is 15.1. The number of hydrogen-bond donors (Lipinski definition) is 1. The fourth-order valence-corrected chi connectivity index (χ4v) is 2.72. The fraction of sp³-hybridized carbons (Fsp3) is 0.769. The van der Waals surface area contributed by atoms with E-state index in [1.54, 1.807) is 0 Å². The van der Waals surface area contributed by atoms with Gasteiger partial charge in [0, 0.05) is 17.3 Å². The number of nitrogens with zero attached hydrogens (tertiary/aromatic N) is 1. The molecule has 1 N–H and O–H groups in total. The molecule has 0 aromatic carbocycles. The lowest BCUT2D eigenvalue weighted by atomic mass is 9.78. The molecule has 0 saturated heterocycles. The highest BCUT2D eigenvalue weighted by molar-refractivity contribution is 5.13. The van der Waals surface area contributed by atoms with Crippen LogP contribution < -0.4 is 0 Å². The largest absolute Gasteiger partial charge is 0.282 e. The van der Waals surface area contributed by atoms with Crippen LogP contribution in [0.25, 0.3) is 0 Å². The second-order valence-electron chi connectivity index (χ2n) is 5.15. The van der Waals surface area contributed by atoms with Gasteiger partial charge in [0.05, 0.1) is 0 Å². The Morgan fingerprint density at radius 1 is 1.07 bits per heavy atom. The lowest BCUT2D eigenvalue weighted by Gasteiger charge is -2.27. The molecule has 0 bridgehead atoms. The molecular weight excluding hydrogens is 184 g/mol. The molecule has 1 aliphatic rings. The third-order valence-corrected chi connectivity index (χ3v) is 3.86. The first-order chi connectivity index (χ1) is 7.31. The summed E-state index contributed by atoms with van der Waals surface area (Å²) in [6.07, 6.45) is 12.9. The summed E-state index contributed by atoms with van der Waals surface area (Å²) in [5, 5.41) is 7.26. The maximum absolute atomic E-state index is 4.10. The molecule has 0 unspecified atom stereocenters. The van der Waals surface area contributed by atoms with E-state index in [-0.39, 0.29) is 0 Å². The summed E-state index contributed by atoms with van der Waals surface area (Å²) < 4.78 is 0. The van der Waals surface area contributed by atoms with E-state index in [1.807, 2.05) is 6.20 Å². The predicted molar refractivity (Wildman–Crippen MR) is 62.9 cm³/mol. The van der Waals surface area contributed by atoms with E-state index in [0.29, 0.717) is 5.41 Å². The van der Waals surface area contributed by atoms with Crippen LogP contribution in [0.1, 0.15) is 64.0 Å². The monoisotopic (exact) mass is 206 g/mol. The van der Waals surface area contributed by atoms with Gasteiger partial charge < -0.3 is 0 Å². The minimum atomic E-state index is 0.348. The molecule has 0 aliphatic heterocycles. The Morgan fingerprint density at radius 3 is 2.20 bits per heavy atom. The average molecular weight is 206 g/mol. The number of hydrogen-bond acceptors (Lipinski definition) is 1. The Kier molecular flexibility index (Phi) is 3.45. The van der Waals surface area contributed by atoms with Gasteiger partial charge in [-0.3, -0.25) is 5.10 Å². The second kappa shape index (κ2) is 4.82. The third kappa shape index (κ3) is 2.61. The molecule has 1 fully saturated rings. The molecule has 0 spiro atoms. The molecule has 2 nitrogen and oxygen atoms in total. The summed E-state index contributed by atoms with van der Waals surface area (Å²) in [6, 6.07) is 2.15. The Hall–Kier alpha value is -0.790. The average Bonchev–Trinajstić information content (AvgIpc) is 2.75. The van der Waals surface area contributed by atoms with Gasteiger partial charge in [-0.05, 0) is 18.9 Å². The highest BCUT2D eigenvalue weighted by Crippen LogP contribution is 2.35. The molecule has 2 heteroatoms. The summed E-state index contributed by atoms with van der Waals surface area (Å²) in [6.45, 7) is 2.39. The summed E-state index contributed by atoms with van der Waals surface area (Å²) in [4.78, 5) is 0. The lowest BCUT2D eigenvalue weighted by molar-refractivity contribution is 0.371. The normalized spacial score (nSPS) is 22.7. The Balaban J connectivity index is 2.09. The van der Waals surface area contributed by atoms with Gasteiger partial charge in [0.2, 0.25) is 0 Å². The van der Waals surface area contributed by atoms with Crippen molar-refractivity contribution in [3.63, 3.8) is 0 Å². The Bertz CT molecular complexity index is 267. The zero-order valence-corrected chi connectivity index (χ0v) is 9.76. The van der Waals surface area contributed by atoms with Crippen molar-refractivity contribution >= 4 is 0 Å². The van der Waals surface area contributed by atoms with Gasteiger partial charge in [-0.2, -0.15) is 5.10 Å². The molecule has 2 rings (SSSR count). The van der Waals surface area contributed by atoms with Crippen molar-refractivity contribution < 1.29 is 0 Å². The van der Waals surface area contributed by atoms with Gasteiger partial charge in [0.1, 0.15) is 0 Å². The van der Waals surface area contributed by atoms with Gasteiger partial charge >= 0.3 is 0 Å². The van der Waals surface area contributed by atoms with E-state index in [2.05, 4.69) is 23.2 Å². The molecule has 1 heterocycles. The van der Waals surface area contributed by atoms with Crippen LogP contribution >= 0.6 is 0 Å². The van der Waals surface area contributed by atoms with Crippen molar-refractivity contribution in [3.8, 4) is 0 Å². The minimum absolute atomic E-state index is 0.348. The van der Waals surface area contributed by atoms with Crippen LogP contribution in [0.5, 0.6) is 0 Å². The lowest BCUT2D eigenvalue weighted by Crippen LogP contribution is -2.22. The standard InChI is InChI=1S/C13H22N2/c1-13(12-8-11-14-15-12)9-6-4-2-3-5-7-10-13/h8,11H,2-7,9-10H2,1H3,(H,14,15). The minimum Gasteiger partial charge on any atom is -0.282 e. The molecule has 1 aromatic heterocycles. The van der Waals surface area contributed by atoms with Crippen LogP contribution in [0, 0.1) is 0 Å². The van der Waals surface area contributed by atoms with Gasteiger partial charge in [-0.25, -0.2) is 0 Å². The smallest absolute Gasteiger partial charge is 0.0490 e. The van der Waals surface area contributed by atoms with Gasteiger partial charge in [-0.15, -0.1) is 0 Å². The molecule has 0 atom stereocenters. The van der Waals surface area contributed by atoms with Gasteiger partial charge in [0.25, 0.3) is 0 Å². The van der Waals surface area contributed by atoms with Crippen LogP contribution in [0.2, 0.25) is 0 Å². The zero-order valence-electron chi connectivity index (χ0n) is 9.76. The van der Waals surface area contributed by atoms with Crippen LogP contribution in [0.15, 0.2) is 12.3 Å². The number of nitrogens with one attached hydrogen (secondary N) is 1. The van der Waals surface area contributed by atoms with Crippen LogP contribution in [-0.2, 0) is 5.41 Å². The quantitative estimate of drug-likeness (QED) is 0.744. The number of rotatable bonds is 1. The van der Waals surface area contributed by atoms with E-state index < -0.39 is 0 Å². The first-order valence-corrected chi connectivity index (χ1v) is 6.31. The van der Waals surface area contributed by atoms with E-state index in [9.17, 15) is 0 Å². The van der Waals surface area contributed by atoms with Crippen molar-refractivity contribution in [2.45, 2.75) is 63.7 Å². The fourth-order valence-electron chi connectivity index (χ4n) is 2.72. The maximum atomic E-state index is 4.10. The molecule has 0 amide bonds. The summed E-state index contributed by atoms with van der Waals surface area (Å²) in [7, 11) is 0. The molecule has 1 aliphatic carbocycles. The molecule has 84 valence electrons. The van der Waals surface area contributed by atoms with Crippen LogP contribution in [0.3, 0.4) is 0 Å². The maximum Gasteiger partial charge on any atom is 0.0490 e. The Labute approximate surface area is 92.5 Å².